The van der Waals surface area contributed by atoms with Crippen LogP contribution >= 0.6 is 0 Å². The van der Waals surface area contributed by atoms with E-state index in [9.17, 15) is 0 Å². The Bertz CT molecular complexity index is 76.2. The molecule has 0 bridgehead atoms. The van der Waals surface area contributed by atoms with Crippen LogP contribution in [0.2, 0.25) is 0 Å². The van der Waals surface area contributed by atoms with Crippen molar-refractivity contribution in [2.24, 2.45) is 0 Å². The Morgan fingerprint density at radius 3 is 1.69 bits per heavy atom. The van der Waals surface area contributed by atoms with Gasteiger partial charge in [0, 0.05) is 6.54 Å². The smallest absolute Gasteiger partial charge is 0.0207 e. The molecule has 2 N–H and O–H groups in total. The summed E-state index contributed by atoms with van der Waals surface area (Å²) in [6, 6.07) is 0. The summed E-state index contributed by atoms with van der Waals surface area (Å²) in [4.78, 5) is 0. The second kappa shape index (κ2) is 11.9. The van der Waals surface area contributed by atoms with Gasteiger partial charge in [-0.1, -0.05) is 58.3 Å². The largest absolute Gasteiger partial charge is 0.317 e. The lowest BCUT2D eigenvalue weighted by molar-refractivity contribution is 0.164. The molecule has 0 saturated carbocycles. The number of unbranched alkanes of at least 4 members (excludes halogenated alkanes) is 8. The summed E-state index contributed by atoms with van der Waals surface area (Å²) in [6.07, 6.45) is 12.0. The predicted molar refractivity (Wildman–Crippen MR) is 57.0 cm³/mol. The summed E-state index contributed by atoms with van der Waals surface area (Å²) < 4.78 is 0. The lowest BCUT2D eigenvalue weighted by Crippen LogP contribution is -2.07. The Morgan fingerprint density at radius 1 is 0.769 bits per heavy atom. The van der Waals surface area contributed by atoms with Crippen molar-refractivity contribution in [3.63, 3.8) is 0 Å². The van der Waals surface area contributed by atoms with Gasteiger partial charge >= 0.3 is 0 Å². The van der Waals surface area contributed by atoms with E-state index in [1.54, 1.807) is 0 Å². The van der Waals surface area contributed by atoms with E-state index in [1.807, 2.05) is 0 Å². The molecular formula is C11H25NO. The second-order valence-electron chi connectivity index (χ2n) is 3.74. The average Bonchev–Trinajstić information content (AvgIpc) is 2.16. The molecule has 0 rings (SSSR count). The van der Waals surface area contributed by atoms with E-state index >= 15 is 0 Å². The Hall–Kier alpha value is -0.0800. The van der Waals surface area contributed by atoms with E-state index in [0.717, 1.165) is 13.0 Å². The molecule has 0 saturated heterocycles. The molecular weight excluding hydrogens is 162 g/mol. The topological polar surface area (TPSA) is 32.3 Å². The SMILES string of the molecule is CCCCCCCCCCCNO. The van der Waals surface area contributed by atoms with Crippen molar-refractivity contribution in [3.05, 3.63) is 0 Å². The van der Waals surface area contributed by atoms with Crippen molar-refractivity contribution in [1.82, 2.24) is 5.48 Å². The minimum atomic E-state index is 0.746. The molecule has 0 spiro atoms. The first kappa shape index (κ1) is 12.9. The molecule has 2 heteroatoms. The molecule has 0 aliphatic heterocycles. The first-order valence-electron chi connectivity index (χ1n) is 5.78. The first-order valence-corrected chi connectivity index (χ1v) is 5.78. The van der Waals surface area contributed by atoms with Crippen molar-refractivity contribution in [2.45, 2.75) is 64.7 Å². The van der Waals surface area contributed by atoms with Crippen molar-refractivity contribution in [1.29, 1.82) is 0 Å². The summed E-state index contributed by atoms with van der Waals surface area (Å²) in [6.45, 7) is 3.00. The zero-order valence-corrected chi connectivity index (χ0v) is 9.02. The molecule has 0 atom stereocenters. The molecule has 0 heterocycles. The summed E-state index contributed by atoms with van der Waals surface area (Å²) in [5, 5.41) is 8.32. The fourth-order valence-electron chi connectivity index (χ4n) is 1.51. The standard InChI is InChI=1S/C11H25NO/c1-2-3-4-5-6-7-8-9-10-11-12-13/h12-13H,2-11H2,1H3. The van der Waals surface area contributed by atoms with Crippen LogP contribution in [0.4, 0.5) is 0 Å². The van der Waals surface area contributed by atoms with Crippen molar-refractivity contribution >= 4 is 0 Å². The minimum absolute atomic E-state index is 0.746. The highest BCUT2D eigenvalue weighted by Crippen LogP contribution is 2.08. The molecule has 13 heavy (non-hydrogen) atoms. The fourth-order valence-corrected chi connectivity index (χ4v) is 1.51. The molecule has 0 aromatic heterocycles. The molecule has 0 aromatic carbocycles. The van der Waals surface area contributed by atoms with Gasteiger partial charge in [0.2, 0.25) is 0 Å². The number of nitrogens with one attached hydrogen (secondary N) is 1. The summed E-state index contributed by atoms with van der Waals surface area (Å²) in [7, 11) is 0. The Labute approximate surface area is 82.7 Å². The van der Waals surface area contributed by atoms with Crippen molar-refractivity contribution in [3.8, 4) is 0 Å². The minimum Gasteiger partial charge on any atom is -0.317 e. The molecule has 0 aliphatic carbocycles. The number of rotatable bonds is 10. The Morgan fingerprint density at radius 2 is 1.23 bits per heavy atom. The fraction of sp³-hybridized carbons (Fsp3) is 1.00. The van der Waals surface area contributed by atoms with E-state index in [0.29, 0.717) is 0 Å². The third-order valence-corrected chi connectivity index (χ3v) is 2.39. The molecule has 0 fully saturated rings. The monoisotopic (exact) mass is 187 g/mol. The van der Waals surface area contributed by atoms with E-state index in [4.69, 9.17) is 5.21 Å². The van der Waals surface area contributed by atoms with Gasteiger partial charge < -0.3 is 5.21 Å². The zero-order valence-electron chi connectivity index (χ0n) is 9.02. The molecule has 80 valence electrons. The van der Waals surface area contributed by atoms with Gasteiger partial charge in [0.25, 0.3) is 0 Å². The highest BCUT2D eigenvalue weighted by Gasteiger charge is 1.91. The molecule has 0 aromatic rings. The van der Waals surface area contributed by atoms with Gasteiger partial charge in [0.1, 0.15) is 0 Å². The number of hydroxylamine groups is 1. The van der Waals surface area contributed by atoms with Crippen LogP contribution in [0, 0.1) is 0 Å². The lowest BCUT2D eigenvalue weighted by atomic mass is 10.1. The highest BCUT2D eigenvalue weighted by atomic mass is 16.5. The van der Waals surface area contributed by atoms with E-state index in [2.05, 4.69) is 12.4 Å². The maximum Gasteiger partial charge on any atom is 0.0207 e. The van der Waals surface area contributed by atoms with Gasteiger partial charge in [0.15, 0.2) is 0 Å². The molecule has 0 aliphatic rings. The first-order chi connectivity index (χ1) is 6.41. The Balaban J connectivity index is 2.76. The zero-order chi connectivity index (χ0) is 9.78. The van der Waals surface area contributed by atoms with Crippen LogP contribution in [0.15, 0.2) is 0 Å². The average molecular weight is 187 g/mol. The van der Waals surface area contributed by atoms with Gasteiger partial charge in [-0.15, -0.1) is 0 Å². The van der Waals surface area contributed by atoms with Gasteiger partial charge in [-0.25, -0.2) is 5.48 Å². The Kier molecular flexibility index (Phi) is 11.8. The lowest BCUT2D eigenvalue weighted by Gasteiger charge is -2.00. The quantitative estimate of drug-likeness (QED) is 0.405. The van der Waals surface area contributed by atoms with Gasteiger partial charge in [-0.2, -0.15) is 0 Å². The molecule has 0 unspecified atom stereocenters. The van der Waals surface area contributed by atoms with E-state index in [-0.39, 0.29) is 0 Å². The maximum atomic E-state index is 8.32. The van der Waals surface area contributed by atoms with Gasteiger partial charge in [-0.3, -0.25) is 0 Å². The number of hydrogen-bond acceptors (Lipinski definition) is 2. The van der Waals surface area contributed by atoms with E-state index < -0.39 is 0 Å². The second-order valence-corrected chi connectivity index (χ2v) is 3.74. The molecule has 0 amide bonds. The summed E-state index contributed by atoms with van der Waals surface area (Å²) >= 11 is 0. The van der Waals surface area contributed by atoms with Crippen LogP contribution in [-0.2, 0) is 0 Å². The van der Waals surface area contributed by atoms with Crippen molar-refractivity contribution in [2.75, 3.05) is 6.54 Å². The van der Waals surface area contributed by atoms with Crippen LogP contribution in [0.3, 0.4) is 0 Å². The van der Waals surface area contributed by atoms with Gasteiger partial charge in [0.05, 0.1) is 0 Å². The predicted octanol–water partition coefficient (Wildman–Crippen LogP) is 3.50. The van der Waals surface area contributed by atoms with Crippen LogP contribution < -0.4 is 5.48 Å². The van der Waals surface area contributed by atoms with Crippen LogP contribution in [0.5, 0.6) is 0 Å². The third kappa shape index (κ3) is 11.9. The third-order valence-electron chi connectivity index (χ3n) is 2.39. The van der Waals surface area contributed by atoms with Crippen LogP contribution in [-0.4, -0.2) is 11.8 Å². The van der Waals surface area contributed by atoms with Crippen molar-refractivity contribution < 1.29 is 5.21 Å². The van der Waals surface area contributed by atoms with E-state index in [1.165, 1.54) is 51.4 Å². The molecule has 2 nitrogen and oxygen atoms in total. The summed E-state index contributed by atoms with van der Waals surface area (Å²) in [5.41, 5.74) is 2.19. The maximum absolute atomic E-state index is 8.32. The van der Waals surface area contributed by atoms with Gasteiger partial charge in [-0.05, 0) is 6.42 Å². The van der Waals surface area contributed by atoms with Crippen LogP contribution in [0.25, 0.3) is 0 Å². The molecule has 0 radical (unpaired) electrons. The highest BCUT2D eigenvalue weighted by molar-refractivity contribution is 4.46. The summed E-state index contributed by atoms with van der Waals surface area (Å²) in [5.74, 6) is 0. The van der Waals surface area contributed by atoms with Crippen LogP contribution in [0.1, 0.15) is 64.7 Å². The number of hydrogen-bond donors (Lipinski definition) is 2. The normalized spacial score (nSPS) is 10.6.